The average Bonchev–Trinajstić information content (AvgIpc) is 2.93. The summed E-state index contributed by atoms with van der Waals surface area (Å²) >= 11 is 0. The molecule has 0 aliphatic carbocycles. The van der Waals surface area contributed by atoms with Crippen LogP contribution < -0.4 is 10.2 Å². The van der Waals surface area contributed by atoms with Crippen molar-refractivity contribution in [1.82, 2.24) is 0 Å². The number of phenolic OH excluding ortho intramolecular Hbond substituents is 3. The highest BCUT2D eigenvalue weighted by molar-refractivity contribution is 5.88. The van der Waals surface area contributed by atoms with E-state index in [0.717, 1.165) is 12.1 Å². The van der Waals surface area contributed by atoms with Crippen LogP contribution in [0.5, 0.6) is 23.0 Å². The Morgan fingerprint density at radius 2 is 1.49 bits per heavy atom. The molecule has 2 aliphatic rings. The minimum Gasteiger partial charge on any atom is -0.508 e. The maximum Gasteiger partial charge on any atom is 0.239 e. The SMILES string of the molecule is O=c1c(O[C@@H]2O[C@H](CO[C@@H]3OC[C@H](O)[C@H](O)[C@H]3O)[C@H](O)[C@H](O)[C@H]2O)c(-c2ccc(O)cc2)oc2cc(O)cc(O)c12. The number of hydrogen-bond donors (Lipinski definition) is 9. The molecule has 15 heteroatoms. The van der Waals surface area contributed by atoms with E-state index in [9.17, 15) is 50.8 Å². The molecule has 222 valence electrons. The number of aromatic hydroxyl groups is 3. The van der Waals surface area contributed by atoms with Crippen LogP contribution in [0.3, 0.4) is 0 Å². The van der Waals surface area contributed by atoms with Crippen LogP contribution in [0.4, 0.5) is 0 Å². The zero-order chi connectivity index (χ0) is 29.6. The lowest BCUT2D eigenvalue weighted by molar-refractivity contribution is -0.307. The van der Waals surface area contributed by atoms with Crippen LogP contribution in [0.15, 0.2) is 45.6 Å². The summed E-state index contributed by atoms with van der Waals surface area (Å²) in [5, 5.41) is 90.6. The number of rotatable bonds is 6. The highest BCUT2D eigenvalue weighted by atomic mass is 16.7. The van der Waals surface area contributed by atoms with Crippen molar-refractivity contribution in [3.63, 3.8) is 0 Å². The maximum absolute atomic E-state index is 13.5. The Bertz CT molecular complexity index is 1440. The molecule has 0 radical (unpaired) electrons. The van der Waals surface area contributed by atoms with Gasteiger partial charge >= 0.3 is 0 Å². The first-order chi connectivity index (χ1) is 19.5. The van der Waals surface area contributed by atoms with E-state index in [1.54, 1.807) is 0 Å². The highest BCUT2D eigenvalue weighted by Gasteiger charge is 2.47. The topological polar surface area (TPSA) is 249 Å². The molecule has 9 atom stereocenters. The third-order valence-electron chi connectivity index (χ3n) is 6.83. The second kappa shape index (κ2) is 11.4. The highest BCUT2D eigenvalue weighted by Crippen LogP contribution is 2.37. The van der Waals surface area contributed by atoms with Gasteiger partial charge in [0, 0.05) is 17.7 Å². The van der Waals surface area contributed by atoms with Crippen molar-refractivity contribution in [2.45, 2.75) is 55.3 Å². The first-order valence-electron chi connectivity index (χ1n) is 12.4. The summed E-state index contributed by atoms with van der Waals surface area (Å²) in [5.41, 5.74) is -0.954. The largest absolute Gasteiger partial charge is 0.508 e. The number of ether oxygens (including phenoxy) is 4. The predicted molar refractivity (Wildman–Crippen MR) is 134 cm³/mol. The van der Waals surface area contributed by atoms with Gasteiger partial charge in [0.15, 0.2) is 12.1 Å². The van der Waals surface area contributed by atoms with Gasteiger partial charge < -0.3 is 69.3 Å². The molecule has 0 bridgehead atoms. The van der Waals surface area contributed by atoms with Crippen LogP contribution in [0.1, 0.15) is 0 Å². The summed E-state index contributed by atoms with van der Waals surface area (Å²) in [6, 6.07) is 7.33. The summed E-state index contributed by atoms with van der Waals surface area (Å²) in [6.07, 6.45) is -14.8. The fourth-order valence-electron chi connectivity index (χ4n) is 4.56. The van der Waals surface area contributed by atoms with Gasteiger partial charge in [-0.2, -0.15) is 0 Å². The van der Waals surface area contributed by atoms with Crippen molar-refractivity contribution in [3.05, 3.63) is 46.6 Å². The van der Waals surface area contributed by atoms with Gasteiger partial charge in [-0.05, 0) is 24.3 Å². The second-order valence-electron chi connectivity index (χ2n) is 9.69. The fraction of sp³-hybridized carbons (Fsp3) is 0.423. The average molecular weight is 580 g/mol. The molecule has 2 aliphatic heterocycles. The van der Waals surface area contributed by atoms with Crippen LogP contribution in [-0.2, 0) is 14.2 Å². The Morgan fingerprint density at radius 1 is 0.805 bits per heavy atom. The van der Waals surface area contributed by atoms with Crippen LogP contribution in [0.2, 0.25) is 0 Å². The normalized spacial score (nSPS) is 32.2. The lowest BCUT2D eigenvalue weighted by atomic mass is 9.99. The second-order valence-corrected chi connectivity index (χ2v) is 9.69. The van der Waals surface area contributed by atoms with E-state index < -0.39 is 84.6 Å². The molecule has 0 saturated carbocycles. The molecule has 3 heterocycles. The Morgan fingerprint density at radius 3 is 2.20 bits per heavy atom. The van der Waals surface area contributed by atoms with E-state index in [4.69, 9.17) is 23.4 Å². The first kappa shape index (κ1) is 29.0. The Labute approximate surface area is 230 Å². The third-order valence-corrected chi connectivity index (χ3v) is 6.83. The van der Waals surface area contributed by atoms with E-state index in [0.29, 0.717) is 0 Å². The van der Waals surface area contributed by atoms with Crippen molar-refractivity contribution in [3.8, 4) is 34.3 Å². The molecule has 2 fully saturated rings. The summed E-state index contributed by atoms with van der Waals surface area (Å²) < 4.78 is 27.6. The molecule has 1 aromatic heterocycles. The predicted octanol–water partition coefficient (Wildman–Crippen LogP) is -1.78. The minimum absolute atomic E-state index is 0.102. The molecule has 0 amide bonds. The Kier molecular flexibility index (Phi) is 8.06. The van der Waals surface area contributed by atoms with Crippen LogP contribution >= 0.6 is 0 Å². The van der Waals surface area contributed by atoms with Gasteiger partial charge in [0.05, 0.1) is 13.2 Å². The number of fused-ring (bicyclic) bond motifs is 1. The number of hydrogen-bond acceptors (Lipinski definition) is 15. The van der Waals surface area contributed by atoms with Crippen molar-refractivity contribution < 1.29 is 69.3 Å². The molecule has 41 heavy (non-hydrogen) atoms. The molecule has 3 aromatic rings. The summed E-state index contributed by atoms with van der Waals surface area (Å²) in [7, 11) is 0. The minimum atomic E-state index is -1.91. The van der Waals surface area contributed by atoms with Crippen LogP contribution in [0.25, 0.3) is 22.3 Å². The molecule has 9 N–H and O–H groups in total. The van der Waals surface area contributed by atoms with Crippen molar-refractivity contribution in [2.24, 2.45) is 0 Å². The lowest BCUT2D eigenvalue weighted by Crippen LogP contribution is -2.61. The smallest absolute Gasteiger partial charge is 0.239 e. The van der Waals surface area contributed by atoms with Crippen LogP contribution in [-0.4, -0.2) is 114 Å². The van der Waals surface area contributed by atoms with Gasteiger partial charge in [0.25, 0.3) is 0 Å². The van der Waals surface area contributed by atoms with Gasteiger partial charge in [-0.3, -0.25) is 4.79 Å². The van der Waals surface area contributed by atoms with Gasteiger partial charge in [0.2, 0.25) is 17.5 Å². The number of aliphatic hydroxyl groups is 6. The van der Waals surface area contributed by atoms with Crippen molar-refractivity contribution in [2.75, 3.05) is 13.2 Å². The van der Waals surface area contributed by atoms with E-state index in [-0.39, 0.29) is 34.6 Å². The molecule has 15 nitrogen and oxygen atoms in total. The summed E-state index contributed by atoms with van der Waals surface area (Å²) in [4.78, 5) is 13.5. The third kappa shape index (κ3) is 5.54. The van der Waals surface area contributed by atoms with E-state index in [1.165, 1.54) is 24.3 Å². The Hall–Kier alpha value is -3.51. The zero-order valence-electron chi connectivity index (χ0n) is 21.0. The molecular formula is C26H28O15. The fourth-order valence-corrected chi connectivity index (χ4v) is 4.56. The van der Waals surface area contributed by atoms with Gasteiger partial charge in [-0.15, -0.1) is 0 Å². The van der Waals surface area contributed by atoms with Gasteiger partial charge in [-0.25, -0.2) is 0 Å². The molecule has 0 unspecified atom stereocenters. The number of phenols is 3. The maximum atomic E-state index is 13.5. The zero-order valence-corrected chi connectivity index (χ0v) is 21.0. The quantitative estimate of drug-likeness (QED) is 0.156. The van der Waals surface area contributed by atoms with Crippen LogP contribution in [0, 0.1) is 0 Å². The van der Waals surface area contributed by atoms with Crippen molar-refractivity contribution in [1.29, 1.82) is 0 Å². The molecular weight excluding hydrogens is 552 g/mol. The molecule has 2 saturated heterocycles. The molecule has 0 spiro atoms. The molecule has 2 aromatic carbocycles. The number of benzene rings is 2. The standard InChI is InChI=1S/C26H28O15/c27-10-3-1-9(2-4-10)23-24(19(33)16-12(29)5-11(28)6-14(16)39-23)41-26-22(36)20(34)18(32)15(40-26)8-38-25-21(35)17(31)13(30)7-37-25/h1-6,13,15,17-18,20-22,25-32,34-36H,7-8H2/t13-,15+,17-,18-,20-,21+,22+,25-,26-/m0/s1. The van der Waals surface area contributed by atoms with E-state index >= 15 is 0 Å². The lowest BCUT2D eigenvalue weighted by Gasteiger charge is -2.41. The monoisotopic (exact) mass is 580 g/mol. The van der Waals surface area contributed by atoms with E-state index in [2.05, 4.69) is 0 Å². The first-order valence-corrected chi connectivity index (χ1v) is 12.4. The molecule has 5 rings (SSSR count). The van der Waals surface area contributed by atoms with E-state index in [1.807, 2.05) is 0 Å². The number of aliphatic hydroxyl groups excluding tert-OH is 6. The summed E-state index contributed by atoms with van der Waals surface area (Å²) in [6.45, 7) is -0.918. The van der Waals surface area contributed by atoms with Gasteiger partial charge in [0.1, 0.15) is 70.9 Å². The van der Waals surface area contributed by atoms with Crippen molar-refractivity contribution >= 4 is 11.0 Å². The van der Waals surface area contributed by atoms with Gasteiger partial charge in [-0.1, -0.05) is 0 Å². The Balaban J connectivity index is 1.46. The summed E-state index contributed by atoms with van der Waals surface area (Å²) in [5.74, 6) is -1.97.